The third-order valence-corrected chi connectivity index (χ3v) is 3.79. The van der Waals surface area contributed by atoms with Crippen molar-refractivity contribution < 1.29 is 14.2 Å². The molecule has 1 aromatic carbocycles. The van der Waals surface area contributed by atoms with Crippen LogP contribution in [0.5, 0.6) is 17.2 Å². The Morgan fingerprint density at radius 2 is 2.04 bits per heavy atom. The second-order valence-corrected chi connectivity index (χ2v) is 5.63. The van der Waals surface area contributed by atoms with Crippen LogP contribution >= 0.6 is 0 Å². The summed E-state index contributed by atoms with van der Waals surface area (Å²) in [7, 11) is 3.72. The van der Waals surface area contributed by atoms with Crippen LogP contribution in [0.1, 0.15) is 24.7 Å². The van der Waals surface area contributed by atoms with Gasteiger partial charge in [0.05, 0.1) is 13.7 Å². The maximum absolute atomic E-state index is 5.47. The van der Waals surface area contributed by atoms with E-state index in [-0.39, 0.29) is 6.79 Å². The van der Waals surface area contributed by atoms with Gasteiger partial charge in [0.15, 0.2) is 11.5 Å². The molecule has 0 bridgehead atoms. The predicted molar refractivity (Wildman–Crippen MR) is 84.6 cm³/mol. The average Bonchev–Trinajstić information content (AvgIpc) is 3.16. The van der Waals surface area contributed by atoms with Crippen molar-refractivity contribution in [2.75, 3.05) is 21.0 Å². The molecule has 0 radical (unpaired) electrons. The fourth-order valence-electron chi connectivity index (χ4n) is 2.70. The molecule has 1 aliphatic heterocycles. The van der Waals surface area contributed by atoms with E-state index in [1.807, 2.05) is 12.1 Å². The zero-order valence-electron chi connectivity index (χ0n) is 13.8. The first-order valence-corrected chi connectivity index (χ1v) is 7.73. The highest BCUT2D eigenvalue weighted by atomic mass is 16.7. The van der Waals surface area contributed by atoms with Gasteiger partial charge in [0.2, 0.25) is 6.79 Å². The molecule has 0 fully saturated rings. The third-order valence-electron chi connectivity index (χ3n) is 3.79. The summed E-state index contributed by atoms with van der Waals surface area (Å²) in [5.41, 5.74) is 1.06. The van der Waals surface area contributed by atoms with Crippen molar-refractivity contribution in [1.29, 1.82) is 0 Å². The van der Waals surface area contributed by atoms with Gasteiger partial charge in [-0.2, -0.15) is 0 Å². The van der Waals surface area contributed by atoms with Gasteiger partial charge in [-0.25, -0.2) is 0 Å². The molecule has 23 heavy (non-hydrogen) atoms. The topological polar surface area (TPSA) is 61.6 Å². The second-order valence-electron chi connectivity index (χ2n) is 5.63. The number of nitrogens with zero attached hydrogens (tertiary/aromatic N) is 4. The van der Waals surface area contributed by atoms with E-state index in [9.17, 15) is 0 Å². The quantitative estimate of drug-likeness (QED) is 0.779. The van der Waals surface area contributed by atoms with Crippen LogP contribution in [0.2, 0.25) is 0 Å². The number of methoxy groups -OCH3 is 1. The first kappa shape index (κ1) is 15.6. The van der Waals surface area contributed by atoms with Gasteiger partial charge in [0, 0.05) is 24.7 Å². The maximum Gasteiger partial charge on any atom is 0.231 e. The number of ether oxygens (including phenoxy) is 3. The molecule has 0 spiro atoms. The van der Waals surface area contributed by atoms with Crippen molar-refractivity contribution in [1.82, 2.24) is 19.7 Å². The molecule has 3 rings (SSSR count). The van der Waals surface area contributed by atoms with Crippen molar-refractivity contribution in [3.63, 3.8) is 0 Å². The lowest BCUT2D eigenvalue weighted by molar-refractivity contribution is 0.174. The minimum absolute atomic E-state index is 0.262. The number of hydrogen-bond donors (Lipinski definition) is 0. The van der Waals surface area contributed by atoms with Gasteiger partial charge in [0.25, 0.3) is 0 Å². The Labute approximate surface area is 135 Å². The molecule has 2 heterocycles. The maximum atomic E-state index is 5.47. The van der Waals surface area contributed by atoms with Crippen molar-refractivity contribution in [2.45, 2.75) is 33.0 Å². The normalized spacial score (nSPS) is 12.9. The van der Waals surface area contributed by atoms with Crippen LogP contribution in [0.4, 0.5) is 0 Å². The Kier molecular flexibility index (Phi) is 4.66. The van der Waals surface area contributed by atoms with Gasteiger partial charge in [-0.15, -0.1) is 10.2 Å². The van der Waals surface area contributed by atoms with Crippen LogP contribution in [0.3, 0.4) is 0 Å². The van der Waals surface area contributed by atoms with E-state index < -0.39 is 0 Å². The van der Waals surface area contributed by atoms with Crippen molar-refractivity contribution >= 4 is 0 Å². The Hall–Kier alpha value is -2.28. The van der Waals surface area contributed by atoms with Crippen molar-refractivity contribution in [3.8, 4) is 17.2 Å². The molecule has 7 nitrogen and oxygen atoms in total. The van der Waals surface area contributed by atoms with E-state index in [2.05, 4.69) is 33.6 Å². The van der Waals surface area contributed by atoms with Gasteiger partial charge in [-0.1, -0.05) is 6.92 Å². The summed E-state index contributed by atoms with van der Waals surface area (Å²) in [6, 6.07) is 3.86. The lowest BCUT2D eigenvalue weighted by Gasteiger charge is -2.18. The lowest BCUT2D eigenvalue weighted by Crippen LogP contribution is -2.20. The zero-order valence-corrected chi connectivity index (χ0v) is 13.8. The van der Waals surface area contributed by atoms with Crippen LogP contribution in [-0.2, 0) is 19.6 Å². The molecule has 0 aliphatic carbocycles. The largest absolute Gasteiger partial charge is 0.496 e. The number of hydrogen-bond acceptors (Lipinski definition) is 6. The summed E-state index contributed by atoms with van der Waals surface area (Å²) in [5.74, 6) is 3.27. The number of fused-ring (bicyclic) bond motifs is 1. The molecule has 0 N–H and O–H groups in total. The summed E-state index contributed by atoms with van der Waals surface area (Å²) in [4.78, 5) is 2.18. The first-order chi connectivity index (χ1) is 11.2. The van der Waals surface area contributed by atoms with Crippen LogP contribution in [0, 0.1) is 0 Å². The zero-order chi connectivity index (χ0) is 16.2. The van der Waals surface area contributed by atoms with E-state index in [0.717, 1.165) is 54.7 Å². The third kappa shape index (κ3) is 3.39. The van der Waals surface area contributed by atoms with Crippen molar-refractivity contribution in [3.05, 3.63) is 29.8 Å². The summed E-state index contributed by atoms with van der Waals surface area (Å²) in [6.45, 7) is 4.78. The van der Waals surface area contributed by atoms with E-state index in [0.29, 0.717) is 0 Å². The minimum Gasteiger partial charge on any atom is -0.496 e. The van der Waals surface area contributed by atoms with E-state index in [4.69, 9.17) is 14.2 Å². The van der Waals surface area contributed by atoms with Crippen LogP contribution in [0.25, 0.3) is 0 Å². The fraction of sp³-hybridized carbons (Fsp3) is 0.500. The molecule has 0 amide bonds. The van der Waals surface area contributed by atoms with Gasteiger partial charge < -0.3 is 18.8 Å². The number of aryl methyl sites for hydroxylation is 1. The number of rotatable bonds is 7. The second kappa shape index (κ2) is 6.87. The van der Waals surface area contributed by atoms with Crippen LogP contribution < -0.4 is 14.2 Å². The molecule has 2 aromatic rings. The first-order valence-electron chi connectivity index (χ1n) is 7.73. The summed E-state index contributed by atoms with van der Waals surface area (Å²) >= 11 is 0. The standard InChI is InChI=1S/C16H22N4O3/c1-4-5-20-10-17-18-16(20)9-19(2)8-12-6-14-15(23-11-22-14)7-13(12)21-3/h6-7,10H,4-5,8-9,11H2,1-3H3. The van der Waals surface area contributed by atoms with Crippen molar-refractivity contribution in [2.24, 2.45) is 0 Å². The highest BCUT2D eigenvalue weighted by Crippen LogP contribution is 2.38. The average molecular weight is 318 g/mol. The van der Waals surface area contributed by atoms with Crippen LogP contribution in [-0.4, -0.2) is 40.6 Å². The molecule has 0 saturated heterocycles. The number of benzene rings is 1. The van der Waals surface area contributed by atoms with Gasteiger partial charge in [0.1, 0.15) is 17.9 Å². The van der Waals surface area contributed by atoms with Gasteiger partial charge in [-0.05, 0) is 19.5 Å². The summed E-state index contributed by atoms with van der Waals surface area (Å²) in [5, 5.41) is 8.22. The SMILES string of the molecule is CCCn1cnnc1CN(C)Cc1cc2c(cc1OC)OCO2. The Morgan fingerprint density at radius 3 is 2.78 bits per heavy atom. The Balaban J connectivity index is 1.72. The molecule has 0 unspecified atom stereocenters. The van der Waals surface area contributed by atoms with E-state index in [1.54, 1.807) is 13.4 Å². The molecule has 124 valence electrons. The number of aromatic nitrogens is 3. The highest BCUT2D eigenvalue weighted by molar-refractivity contribution is 5.51. The monoisotopic (exact) mass is 318 g/mol. The van der Waals surface area contributed by atoms with Gasteiger partial charge >= 0.3 is 0 Å². The molecular formula is C16H22N4O3. The molecular weight excluding hydrogens is 296 g/mol. The molecule has 0 atom stereocenters. The minimum atomic E-state index is 0.262. The predicted octanol–water partition coefficient (Wildman–Crippen LogP) is 2.06. The molecule has 1 aliphatic rings. The van der Waals surface area contributed by atoms with E-state index in [1.165, 1.54) is 0 Å². The van der Waals surface area contributed by atoms with Gasteiger partial charge in [-0.3, -0.25) is 4.90 Å². The fourth-order valence-corrected chi connectivity index (χ4v) is 2.70. The Bertz CT molecular complexity index is 671. The van der Waals surface area contributed by atoms with Crippen LogP contribution in [0.15, 0.2) is 18.5 Å². The molecule has 0 saturated carbocycles. The highest BCUT2D eigenvalue weighted by Gasteiger charge is 2.19. The smallest absolute Gasteiger partial charge is 0.231 e. The summed E-state index contributed by atoms with van der Waals surface area (Å²) < 4.78 is 18.4. The molecule has 1 aromatic heterocycles. The lowest BCUT2D eigenvalue weighted by atomic mass is 10.1. The molecule has 7 heteroatoms. The van der Waals surface area contributed by atoms with E-state index >= 15 is 0 Å². The summed E-state index contributed by atoms with van der Waals surface area (Å²) in [6.07, 6.45) is 2.85. The Morgan fingerprint density at radius 1 is 1.26 bits per heavy atom.